The maximum absolute atomic E-state index is 5.18. The van der Waals surface area contributed by atoms with E-state index in [1.54, 1.807) is 18.1 Å². The van der Waals surface area contributed by atoms with E-state index in [-0.39, 0.29) is 0 Å². The van der Waals surface area contributed by atoms with E-state index < -0.39 is 0 Å². The number of aryl methyl sites for hydroxylation is 1. The van der Waals surface area contributed by atoms with Crippen LogP contribution in [-0.4, -0.2) is 37.1 Å². The van der Waals surface area contributed by atoms with Gasteiger partial charge in [-0.2, -0.15) is 9.90 Å². The number of benzene rings is 2. The van der Waals surface area contributed by atoms with Gasteiger partial charge in [-0.1, -0.05) is 30.3 Å². The number of tetrazole rings is 1. The molecule has 136 valence electrons. The fraction of sp³-hybridized carbons (Fsp3) is 0.158. The molecule has 0 radical (unpaired) electrons. The predicted molar refractivity (Wildman–Crippen MR) is 110 cm³/mol. The molecule has 2 aromatic carbocycles. The van der Waals surface area contributed by atoms with Crippen molar-refractivity contribution in [3.8, 4) is 22.8 Å². The van der Waals surface area contributed by atoms with Crippen molar-refractivity contribution in [1.82, 2.24) is 30.0 Å². The van der Waals surface area contributed by atoms with Crippen molar-refractivity contribution in [2.45, 2.75) is 13.5 Å². The average Bonchev–Trinajstić information content (AvgIpc) is 3.29. The van der Waals surface area contributed by atoms with Crippen LogP contribution >= 0.6 is 22.6 Å². The minimum Gasteiger partial charge on any atom is -0.497 e. The van der Waals surface area contributed by atoms with Crippen LogP contribution in [0.1, 0.15) is 11.1 Å². The lowest BCUT2D eigenvalue weighted by molar-refractivity contribution is 0.414. The summed E-state index contributed by atoms with van der Waals surface area (Å²) in [5.74, 6) is 1.39. The maximum atomic E-state index is 5.18. The van der Waals surface area contributed by atoms with Gasteiger partial charge in [0.1, 0.15) is 9.45 Å². The molecule has 0 N–H and O–H groups in total. The molecular formula is C19H17IN6O. The fourth-order valence-electron chi connectivity index (χ4n) is 2.76. The second kappa shape index (κ2) is 7.47. The molecule has 0 aliphatic carbocycles. The molecule has 0 saturated heterocycles. The molecule has 0 atom stereocenters. The van der Waals surface area contributed by atoms with Crippen LogP contribution in [0, 0.1) is 10.6 Å². The largest absolute Gasteiger partial charge is 0.497 e. The Morgan fingerprint density at radius 3 is 2.59 bits per heavy atom. The first-order chi connectivity index (χ1) is 13.2. The third-order valence-electron chi connectivity index (χ3n) is 4.23. The molecule has 4 aromatic rings. The number of ether oxygens (including phenoxy) is 1. The Kier molecular flexibility index (Phi) is 4.88. The Labute approximate surface area is 170 Å². The molecule has 0 aliphatic rings. The highest BCUT2D eigenvalue weighted by atomic mass is 127. The van der Waals surface area contributed by atoms with Gasteiger partial charge in [0.25, 0.3) is 0 Å². The normalized spacial score (nSPS) is 10.9. The first-order valence-corrected chi connectivity index (χ1v) is 9.44. The molecule has 0 aliphatic heterocycles. The van der Waals surface area contributed by atoms with Crippen LogP contribution < -0.4 is 4.74 Å². The Morgan fingerprint density at radius 2 is 1.85 bits per heavy atom. The summed E-state index contributed by atoms with van der Waals surface area (Å²) in [7, 11) is 1.65. The summed E-state index contributed by atoms with van der Waals surface area (Å²) in [5, 5.41) is 17.4. The first-order valence-electron chi connectivity index (χ1n) is 8.36. The van der Waals surface area contributed by atoms with Gasteiger partial charge in [0.2, 0.25) is 5.82 Å². The highest BCUT2D eigenvalue weighted by Gasteiger charge is 2.16. The average molecular weight is 472 g/mol. The van der Waals surface area contributed by atoms with Gasteiger partial charge in [0.15, 0.2) is 0 Å². The van der Waals surface area contributed by atoms with Crippen molar-refractivity contribution in [1.29, 1.82) is 0 Å². The van der Waals surface area contributed by atoms with Gasteiger partial charge in [0.05, 0.1) is 31.1 Å². The molecular weight excluding hydrogens is 455 g/mol. The van der Waals surface area contributed by atoms with Crippen molar-refractivity contribution in [3.05, 3.63) is 69.6 Å². The second-order valence-electron chi connectivity index (χ2n) is 6.04. The van der Waals surface area contributed by atoms with Crippen LogP contribution in [-0.2, 0) is 6.54 Å². The molecule has 2 aromatic heterocycles. The number of para-hydroxylation sites is 1. The molecule has 2 heterocycles. The number of rotatable bonds is 5. The smallest absolute Gasteiger partial charge is 0.209 e. The summed E-state index contributed by atoms with van der Waals surface area (Å²) in [5.41, 5.74) is 4.13. The van der Waals surface area contributed by atoms with Crippen LogP contribution in [0.5, 0.6) is 5.75 Å². The van der Waals surface area contributed by atoms with Crippen LogP contribution in [0.15, 0.2) is 54.7 Å². The van der Waals surface area contributed by atoms with Gasteiger partial charge in [-0.05, 0) is 64.1 Å². The minimum atomic E-state index is 0.541. The summed E-state index contributed by atoms with van der Waals surface area (Å²) in [4.78, 5) is 1.58. The summed E-state index contributed by atoms with van der Waals surface area (Å²) in [6, 6.07) is 15.9. The van der Waals surface area contributed by atoms with Crippen molar-refractivity contribution >= 4 is 22.6 Å². The van der Waals surface area contributed by atoms with Gasteiger partial charge < -0.3 is 4.74 Å². The van der Waals surface area contributed by atoms with Crippen molar-refractivity contribution in [3.63, 3.8) is 0 Å². The Hall–Kier alpha value is -2.75. The maximum Gasteiger partial charge on any atom is 0.209 e. The van der Waals surface area contributed by atoms with Crippen LogP contribution in [0.3, 0.4) is 0 Å². The zero-order valence-corrected chi connectivity index (χ0v) is 17.0. The van der Waals surface area contributed by atoms with Crippen LogP contribution in [0.4, 0.5) is 0 Å². The zero-order chi connectivity index (χ0) is 18.8. The molecule has 0 unspecified atom stereocenters. The van der Waals surface area contributed by atoms with Gasteiger partial charge in [-0.15, -0.1) is 10.2 Å². The van der Waals surface area contributed by atoms with Crippen LogP contribution in [0.2, 0.25) is 0 Å². The molecule has 27 heavy (non-hydrogen) atoms. The van der Waals surface area contributed by atoms with Gasteiger partial charge in [-0.25, -0.2) is 4.68 Å². The number of nitrogens with zero attached hydrogens (tertiary/aromatic N) is 6. The summed E-state index contributed by atoms with van der Waals surface area (Å²) < 4.78 is 8.03. The van der Waals surface area contributed by atoms with Gasteiger partial charge in [0, 0.05) is 0 Å². The van der Waals surface area contributed by atoms with E-state index in [2.05, 4.69) is 56.1 Å². The van der Waals surface area contributed by atoms with Crippen molar-refractivity contribution in [2.75, 3.05) is 7.11 Å². The van der Waals surface area contributed by atoms with Crippen LogP contribution in [0.25, 0.3) is 17.1 Å². The monoisotopic (exact) mass is 472 g/mol. The molecule has 7 nitrogen and oxygen atoms in total. The lowest BCUT2D eigenvalue weighted by Crippen LogP contribution is -2.04. The number of halogens is 1. The third kappa shape index (κ3) is 3.57. The lowest BCUT2D eigenvalue weighted by atomic mass is 10.2. The van der Waals surface area contributed by atoms with Gasteiger partial charge >= 0.3 is 0 Å². The number of methoxy groups -OCH3 is 1. The Balaban J connectivity index is 1.59. The van der Waals surface area contributed by atoms with E-state index in [0.717, 1.165) is 31.8 Å². The van der Waals surface area contributed by atoms with E-state index in [4.69, 9.17) is 4.74 Å². The van der Waals surface area contributed by atoms with E-state index in [1.165, 1.54) is 0 Å². The summed E-state index contributed by atoms with van der Waals surface area (Å²) in [6.45, 7) is 2.61. The summed E-state index contributed by atoms with van der Waals surface area (Å²) >= 11 is 2.27. The van der Waals surface area contributed by atoms with Crippen molar-refractivity contribution in [2.24, 2.45) is 0 Å². The molecule has 0 saturated carbocycles. The molecule has 8 heteroatoms. The molecule has 0 amide bonds. The third-order valence-corrected chi connectivity index (χ3v) is 5.27. The van der Waals surface area contributed by atoms with E-state index in [0.29, 0.717) is 12.4 Å². The fourth-order valence-corrected chi connectivity index (χ4v) is 3.53. The SMILES string of the molecule is COc1ccc(Cn2nnc(-c3cnn(-c4ccccc4C)c3I)n2)cc1. The molecule has 0 spiro atoms. The molecule has 0 bridgehead atoms. The number of hydrogen-bond acceptors (Lipinski definition) is 5. The number of aromatic nitrogens is 6. The standard InChI is InChI=1S/C19H17IN6O/c1-13-5-3-4-6-17(13)26-18(20)16(11-21-26)19-22-24-25(23-19)12-14-7-9-15(27-2)10-8-14/h3-11H,12H2,1-2H3. The molecule has 4 rings (SSSR count). The number of hydrogen-bond donors (Lipinski definition) is 0. The highest BCUT2D eigenvalue weighted by molar-refractivity contribution is 14.1. The zero-order valence-electron chi connectivity index (χ0n) is 14.9. The Bertz CT molecular complexity index is 1070. The van der Waals surface area contributed by atoms with E-state index in [1.807, 2.05) is 47.1 Å². The quantitative estimate of drug-likeness (QED) is 0.416. The van der Waals surface area contributed by atoms with Crippen molar-refractivity contribution < 1.29 is 4.74 Å². The van der Waals surface area contributed by atoms with E-state index >= 15 is 0 Å². The van der Waals surface area contributed by atoms with Gasteiger partial charge in [-0.3, -0.25) is 0 Å². The summed E-state index contributed by atoms with van der Waals surface area (Å²) in [6.07, 6.45) is 1.78. The lowest BCUT2D eigenvalue weighted by Gasteiger charge is -2.06. The van der Waals surface area contributed by atoms with E-state index in [9.17, 15) is 0 Å². The second-order valence-corrected chi connectivity index (χ2v) is 7.06. The topological polar surface area (TPSA) is 70.7 Å². The predicted octanol–water partition coefficient (Wildman–Crippen LogP) is 3.50. The minimum absolute atomic E-state index is 0.541. The Morgan fingerprint density at radius 1 is 1.07 bits per heavy atom. The first kappa shape index (κ1) is 17.7. The highest BCUT2D eigenvalue weighted by Crippen LogP contribution is 2.25. The molecule has 0 fully saturated rings.